The summed E-state index contributed by atoms with van der Waals surface area (Å²) in [7, 11) is -0.165. The van der Waals surface area contributed by atoms with Gasteiger partial charge in [0.2, 0.25) is 10.6 Å². The smallest absolute Gasteiger partial charge is 0.102 e. The van der Waals surface area contributed by atoms with Gasteiger partial charge in [0.05, 0.1) is 0 Å². The van der Waals surface area contributed by atoms with Crippen LogP contribution in [0, 0.1) is 94.7 Å². The van der Waals surface area contributed by atoms with E-state index in [0.717, 1.165) is 72.0 Å². The van der Waals surface area contributed by atoms with Crippen molar-refractivity contribution in [1.29, 1.82) is 0 Å². The van der Waals surface area contributed by atoms with Gasteiger partial charge in [-0.15, -0.1) is 23.7 Å². The predicted octanol–water partition coefficient (Wildman–Crippen LogP) is 8.57. The van der Waals surface area contributed by atoms with Crippen molar-refractivity contribution < 1.29 is 36.5 Å². The Morgan fingerprint density at radius 3 is 0.857 bits per heavy atom. The Hall–Kier alpha value is -1.16. The zero-order valence-electron chi connectivity index (χ0n) is 26.9. The summed E-state index contributed by atoms with van der Waals surface area (Å²) < 4.78 is 0. The van der Waals surface area contributed by atoms with Gasteiger partial charge in [-0.05, 0) is 73.0 Å². The van der Waals surface area contributed by atoms with Crippen LogP contribution in [0.5, 0.6) is 0 Å². The second-order valence-electron chi connectivity index (χ2n) is 12.6. The molecule has 0 aromatic carbocycles. The van der Waals surface area contributed by atoms with Gasteiger partial charge in [0, 0.05) is 68.8 Å². The fraction of sp³-hybridized carbons (Fsp3) is 0.632. The van der Waals surface area contributed by atoms with Crippen molar-refractivity contribution in [1.82, 2.24) is 0 Å². The number of rotatable bonds is 4. The molecule has 3 aliphatic carbocycles. The standard InChI is InChI=1S/2C15H20P.C8H8.Fe.Rh/c2*1-11(2)14-9-10-15(12(3)4)16(14)13-7-5-6-8-13;1-2-4-6-8-7-5-3-1;;/h2*11-12,14-15H,9-10H2,1-4H3;1-2,7-8H2;;/q2*+1;;+2;/t2*14-,15-;;;/m11.../s1. The molecule has 5 aliphatic rings. The summed E-state index contributed by atoms with van der Waals surface area (Å²) >= 11 is 0. The zero-order chi connectivity index (χ0) is 29.1. The molecule has 42 heavy (non-hydrogen) atoms. The van der Waals surface area contributed by atoms with E-state index < -0.39 is 0 Å². The maximum atomic E-state index is 3.24. The van der Waals surface area contributed by atoms with Crippen LogP contribution < -0.4 is 0 Å². The maximum Gasteiger partial charge on any atom is 2.00 e. The molecule has 0 N–H and O–H groups in total. The summed E-state index contributed by atoms with van der Waals surface area (Å²) in [5.41, 5.74) is 3.44. The van der Waals surface area contributed by atoms with Crippen LogP contribution in [-0.4, -0.2) is 33.2 Å². The van der Waals surface area contributed by atoms with Crippen molar-refractivity contribution in [3.63, 3.8) is 0 Å². The van der Waals surface area contributed by atoms with Crippen molar-refractivity contribution in [2.75, 3.05) is 0 Å². The monoisotopic (exact) mass is 725 g/mol. The normalized spacial score (nSPS) is 23.7. The van der Waals surface area contributed by atoms with Crippen LogP contribution in [0.1, 0.15) is 107 Å². The van der Waals surface area contributed by atoms with E-state index in [2.05, 4.69) is 126 Å². The minimum absolute atomic E-state index is 0. The second-order valence-corrected chi connectivity index (χ2v) is 17.8. The van der Waals surface area contributed by atoms with Crippen LogP contribution in [-0.2, 0) is 36.5 Å². The topological polar surface area (TPSA) is 0 Å². The van der Waals surface area contributed by atoms with Crippen LogP contribution in [0.2, 0.25) is 0 Å². The van der Waals surface area contributed by atoms with Crippen LogP contribution in [0.4, 0.5) is 0 Å². The Balaban J connectivity index is 0.000000324. The summed E-state index contributed by atoms with van der Waals surface area (Å²) in [5.74, 6) is 40.0. The molecule has 0 amide bonds. The molecule has 1 radical (unpaired) electrons. The van der Waals surface area contributed by atoms with Gasteiger partial charge in [0.25, 0.3) is 0 Å². The third-order valence-electron chi connectivity index (χ3n) is 8.39. The van der Waals surface area contributed by atoms with Crippen LogP contribution in [0.15, 0.2) is 0 Å². The molecule has 2 aliphatic heterocycles. The second kappa shape index (κ2) is 20.0. The molecule has 0 unspecified atom stereocenters. The number of hydrogen-bond acceptors (Lipinski definition) is 0. The molecule has 5 rings (SSSR count). The SMILES string of the molecule is C1#CCCC#CCC1.CC(C)[C@H]1CC[C@H](C(C)C)[P+]1=C1C#CC#C1.CC(C)[C@H]1CC[C@H](C(C)C)[P+]1=C1C#CC#C1.[Fe+2].[Rh]. The molecular weight excluding hydrogens is 677 g/mol. The molecule has 2 fully saturated rings. The molecular formula is C38H48FeP2Rh+4. The van der Waals surface area contributed by atoms with Crippen molar-refractivity contribution in [3.8, 4) is 71.0 Å². The molecule has 0 bridgehead atoms. The maximum absolute atomic E-state index is 3.24. The molecule has 4 atom stereocenters. The van der Waals surface area contributed by atoms with Crippen molar-refractivity contribution in [2.45, 2.75) is 129 Å². The van der Waals surface area contributed by atoms with E-state index in [0.29, 0.717) is 0 Å². The Bertz CT molecular complexity index is 1170. The van der Waals surface area contributed by atoms with E-state index in [4.69, 9.17) is 0 Å². The summed E-state index contributed by atoms with van der Waals surface area (Å²) in [4.78, 5) is 0. The summed E-state index contributed by atoms with van der Waals surface area (Å²) in [6.07, 6.45) is 9.41. The molecule has 0 aromatic rings. The Morgan fingerprint density at radius 1 is 0.452 bits per heavy atom. The quantitative estimate of drug-likeness (QED) is 0.155. The first-order chi connectivity index (χ1) is 19.2. The minimum Gasteiger partial charge on any atom is -0.102 e. The molecule has 4 heteroatoms. The third kappa shape index (κ3) is 11.1. The van der Waals surface area contributed by atoms with Gasteiger partial charge in [0.1, 0.15) is 37.7 Å². The van der Waals surface area contributed by atoms with E-state index in [9.17, 15) is 0 Å². The molecule has 0 nitrogen and oxygen atoms in total. The van der Waals surface area contributed by atoms with Gasteiger partial charge in [-0.25, -0.2) is 0 Å². The first-order valence-electron chi connectivity index (χ1n) is 15.5. The fourth-order valence-corrected chi connectivity index (χ4v) is 13.6. The number of hydrogen-bond donors (Lipinski definition) is 0. The van der Waals surface area contributed by atoms with Crippen LogP contribution in [0.3, 0.4) is 0 Å². The summed E-state index contributed by atoms with van der Waals surface area (Å²) in [5, 5.41) is 2.59. The van der Waals surface area contributed by atoms with Gasteiger partial charge in [0.15, 0.2) is 0 Å². The first kappa shape index (κ1) is 38.9. The largest absolute Gasteiger partial charge is 2.00 e. The predicted molar refractivity (Wildman–Crippen MR) is 182 cm³/mol. The Kier molecular flexibility index (Phi) is 18.5. The molecule has 0 aromatic heterocycles. The van der Waals surface area contributed by atoms with Gasteiger partial charge >= 0.3 is 17.1 Å². The molecule has 223 valence electrons. The summed E-state index contributed by atoms with van der Waals surface area (Å²) in [6, 6.07) is 0. The van der Waals surface area contributed by atoms with Crippen molar-refractivity contribution in [3.05, 3.63) is 0 Å². The zero-order valence-corrected chi connectivity index (χ0v) is 31.4. The van der Waals surface area contributed by atoms with E-state index in [1.165, 1.54) is 36.3 Å². The van der Waals surface area contributed by atoms with E-state index >= 15 is 0 Å². The minimum atomic E-state index is -0.0826. The van der Waals surface area contributed by atoms with E-state index in [-0.39, 0.29) is 51.6 Å². The molecule has 2 heterocycles. The van der Waals surface area contributed by atoms with Gasteiger partial charge in [-0.2, -0.15) is 0 Å². The fourth-order valence-electron chi connectivity index (χ4n) is 6.30. The summed E-state index contributed by atoms with van der Waals surface area (Å²) in [6.45, 7) is 18.9. The molecule has 2 saturated heterocycles. The van der Waals surface area contributed by atoms with Crippen LogP contribution >= 0.6 is 15.1 Å². The van der Waals surface area contributed by atoms with Gasteiger partial charge in [-0.3, -0.25) is 0 Å². The van der Waals surface area contributed by atoms with Crippen LogP contribution in [0.25, 0.3) is 0 Å². The van der Waals surface area contributed by atoms with E-state index in [1.807, 2.05) is 0 Å². The molecule has 0 spiro atoms. The van der Waals surface area contributed by atoms with E-state index in [1.54, 1.807) is 0 Å². The van der Waals surface area contributed by atoms with Gasteiger partial charge < -0.3 is 0 Å². The Morgan fingerprint density at radius 2 is 0.667 bits per heavy atom. The van der Waals surface area contributed by atoms with Crippen molar-refractivity contribution >= 4 is 25.7 Å². The molecule has 0 saturated carbocycles. The van der Waals surface area contributed by atoms with Crippen molar-refractivity contribution in [2.24, 2.45) is 23.7 Å². The first-order valence-corrected chi connectivity index (χ1v) is 18.4. The third-order valence-corrected chi connectivity index (χ3v) is 16.1. The Labute approximate surface area is 284 Å². The van der Waals surface area contributed by atoms with Gasteiger partial charge in [-0.1, -0.05) is 55.4 Å². The average molecular weight is 726 g/mol. The average Bonchev–Trinajstić information content (AvgIpc) is 3.69.